The Labute approximate surface area is 116 Å². The molecule has 0 radical (unpaired) electrons. The van der Waals surface area contributed by atoms with Crippen LogP contribution in [0.3, 0.4) is 0 Å². The van der Waals surface area contributed by atoms with Crippen molar-refractivity contribution in [1.29, 1.82) is 5.26 Å². The summed E-state index contributed by atoms with van der Waals surface area (Å²) in [6.45, 7) is 2.94. The molecule has 2 N–H and O–H groups in total. The average Bonchev–Trinajstić information content (AvgIpc) is 2.46. The number of nitrogens with zero attached hydrogens (tertiary/aromatic N) is 2. The molecular weight excluding hydrogens is 234 g/mol. The van der Waals surface area contributed by atoms with Crippen LogP contribution in [0, 0.1) is 11.3 Å². The maximum Gasteiger partial charge on any atom is 0.0641 e. The van der Waals surface area contributed by atoms with Crippen molar-refractivity contribution in [2.75, 3.05) is 6.54 Å². The average molecular weight is 257 g/mol. The molecule has 1 saturated heterocycles. The number of likely N-dealkylation sites (tertiary alicyclic amines) is 1. The van der Waals surface area contributed by atoms with E-state index in [9.17, 15) is 0 Å². The number of hydrogen-bond acceptors (Lipinski definition) is 3. The lowest BCUT2D eigenvalue weighted by atomic mass is 9.91. The standard InChI is InChI=1S/C16H23N3/c1-13-6-5-9-15(12-18)19(13)16(10-11-17)14-7-3-2-4-8-14/h2-4,7-8,13,15-16H,5-6,9-10,12,18H2,1H3. The summed E-state index contributed by atoms with van der Waals surface area (Å²) in [6.07, 6.45) is 4.12. The summed E-state index contributed by atoms with van der Waals surface area (Å²) in [5.41, 5.74) is 7.18. The molecule has 3 heteroatoms. The maximum atomic E-state index is 9.17. The van der Waals surface area contributed by atoms with Gasteiger partial charge in [-0.15, -0.1) is 0 Å². The summed E-state index contributed by atoms with van der Waals surface area (Å²) in [5, 5.41) is 9.17. The lowest BCUT2D eigenvalue weighted by molar-refractivity contribution is 0.0509. The van der Waals surface area contributed by atoms with Crippen molar-refractivity contribution in [1.82, 2.24) is 4.90 Å². The Hall–Kier alpha value is -1.37. The summed E-state index contributed by atoms with van der Waals surface area (Å²) >= 11 is 0. The molecule has 1 fully saturated rings. The van der Waals surface area contributed by atoms with E-state index in [4.69, 9.17) is 11.0 Å². The second-order valence-electron chi connectivity index (χ2n) is 5.41. The molecule has 1 aromatic rings. The van der Waals surface area contributed by atoms with Gasteiger partial charge in [0.2, 0.25) is 0 Å². The summed E-state index contributed by atoms with van der Waals surface area (Å²) in [6, 6.07) is 13.8. The topological polar surface area (TPSA) is 53.0 Å². The fourth-order valence-electron chi connectivity index (χ4n) is 3.27. The van der Waals surface area contributed by atoms with Crippen LogP contribution in [0.5, 0.6) is 0 Å². The zero-order valence-electron chi connectivity index (χ0n) is 11.6. The molecule has 1 aliphatic heterocycles. The van der Waals surface area contributed by atoms with Crippen LogP contribution in [0.2, 0.25) is 0 Å². The molecule has 0 saturated carbocycles. The predicted octanol–water partition coefficient (Wildman–Crippen LogP) is 2.84. The predicted molar refractivity (Wildman–Crippen MR) is 77.4 cm³/mol. The van der Waals surface area contributed by atoms with Crippen molar-refractivity contribution < 1.29 is 0 Å². The van der Waals surface area contributed by atoms with Crippen LogP contribution >= 0.6 is 0 Å². The van der Waals surface area contributed by atoms with Gasteiger partial charge in [0.05, 0.1) is 12.5 Å². The Morgan fingerprint density at radius 3 is 2.74 bits per heavy atom. The largest absolute Gasteiger partial charge is 0.329 e. The Kier molecular flexibility index (Phi) is 4.95. The monoisotopic (exact) mass is 257 g/mol. The van der Waals surface area contributed by atoms with Gasteiger partial charge in [-0.05, 0) is 25.3 Å². The summed E-state index contributed by atoms with van der Waals surface area (Å²) in [4.78, 5) is 2.47. The van der Waals surface area contributed by atoms with Crippen molar-refractivity contribution in [3.63, 3.8) is 0 Å². The lowest BCUT2D eigenvalue weighted by Gasteiger charge is -2.44. The van der Waals surface area contributed by atoms with E-state index in [0.717, 1.165) is 6.42 Å². The molecule has 19 heavy (non-hydrogen) atoms. The summed E-state index contributed by atoms with van der Waals surface area (Å²) in [5.74, 6) is 0. The van der Waals surface area contributed by atoms with Crippen LogP contribution in [0.1, 0.15) is 44.2 Å². The Morgan fingerprint density at radius 2 is 2.11 bits per heavy atom. The fourth-order valence-corrected chi connectivity index (χ4v) is 3.27. The highest BCUT2D eigenvalue weighted by molar-refractivity contribution is 5.21. The van der Waals surface area contributed by atoms with Gasteiger partial charge in [-0.2, -0.15) is 5.26 Å². The van der Waals surface area contributed by atoms with Crippen LogP contribution < -0.4 is 5.73 Å². The van der Waals surface area contributed by atoms with Crippen molar-refractivity contribution in [2.45, 2.75) is 50.7 Å². The van der Waals surface area contributed by atoms with Crippen LogP contribution in [-0.4, -0.2) is 23.5 Å². The van der Waals surface area contributed by atoms with Crippen molar-refractivity contribution >= 4 is 0 Å². The second kappa shape index (κ2) is 6.70. The molecule has 0 bridgehead atoms. The van der Waals surface area contributed by atoms with Crippen molar-refractivity contribution in [3.8, 4) is 6.07 Å². The van der Waals surface area contributed by atoms with E-state index in [1.165, 1.54) is 18.4 Å². The van der Waals surface area contributed by atoms with Gasteiger partial charge in [0, 0.05) is 24.7 Å². The van der Waals surface area contributed by atoms with E-state index >= 15 is 0 Å². The zero-order valence-corrected chi connectivity index (χ0v) is 11.6. The molecule has 102 valence electrons. The first-order valence-electron chi connectivity index (χ1n) is 7.17. The number of rotatable bonds is 4. The first kappa shape index (κ1) is 14.0. The third-order valence-corrected chi connectivity index (χ3v) is 4.19. The number of nitrogens with two attached hydrogens (primary N) is 1. The molecule has 2 rings (SSSR count). The van der Waals surface area contributed by atoms with Gasteiger partial charge < -0.3 is 5.73 Å². The maximum absolute atomic E-state index is 9.17. The van der Waals surface area contributed by atoms with Crippen LogP contribution in [-0.2, 0) is 0 Å². The molecule has 3 unspecified atom stereocenters. The molecular formula is C16H23N3. The Bertz CT molecular complexity index is 423. The van der Waals surface area contributed by atoms with Gasteiger partial charge >= 0.3 is 0 Å². The van der Waals surface area contributed by atoms with Crippen LogP contribution in [0.25, 0.3) is 0 Å². The minimum atomic E-state index is 0.176. The van der Waals surface area contributed by atoms with Gasteiger partial charge in [0.1, 0.15) is 0 Å². The molecule has 1 aromatic carbocycles. The lowest BCUT2D eigenvalue weighted by Crippen LogP contribution is -2.50. The molecule has 1 aliphatic rings. The Morgan fingerprint density at radius 1 is 1.37 bits per heavy atom. The normalized spacial score (nSPS) is 25.7. The molecule has 0 spiro atoms. The first-order valence-corrected chi connectivity index (χ1v) is 7.17. The molecule has 0 aromatic heterocycles. The van der Waals surface area contributed by atoms with Gasteiger partial charge in [0.15, 0.2) is 0 Å². The number of piperidine rings is 1. The third-order valence-electron chi connectivity index (χ3n) is 4.19. The van der Waals surface area contributed by atoms with Crippen LogP contribution in [0.4, 0.5) is 0 Å². The quantitative estimate of drug-likeness (QED) is 0.902. The SMILES string of the molecule is CC1CCCC(CN)N1C(CC#N)c1ccccc1. The van der Waals surface area contributed by atoms with E-state index < -0.39 is 0 Å². The highest BCUT2D eigenvalue weighted by Crippen LogP contribution is 2.34. The summed E-state index contributed by atoms with van der Waals surface area (Å²) < 4.78 is 0. The molecule has 0 amide bonds. The number of nitriles is 1. The number of benzene rings is 1. The minimum Gasteiger partial charge on any atom is -0.329 e. The smallest absolute Gasteiger partial charge is 0.0641 e. The van der Waals surface area contributed by atoms with E-state index in [1.807, 2.05) is 18.2 Å². The highest BCUT2D eigenvalue weighted by Gasteiger charge is 2.33. The van der Waals surface area contributed by atoms with E-state index in [0.29, 0.717) is 25.0 Å². The molecule has 3 atom stereocenters. The van der Waals surface area contributed by atoms with E-state index in [1.54, 1.807) is 0 Å². The van der Waals surface area contributed by atoms with Gasteiger partial charge in [-0.25, -0.2) is 0 Å². The van der Waals surface area contributed by atoms with Gasteiger partial charge in [0.25, 0.3) is 0 Å². The number of hydrogen-bond donors (Lipinski definition) is 1. The van der Waals surface area contributed by atoms with Gasteiger partial charge in [-0.1, -0.05) is 36.8 Å². The fraction of sp³-hybridized carbons (Fsp3) is 0.562. The molecule has 0 aliphatic carbocycles. The van der Waals surface area contributed by atoms with Crippen LogP contribution in [0.15, 0.2) is 30.3 Å². The minimum absolute atomic E-state index is 0.176. The molecule has 3 nitrogen and oxygen atoms in total. The zero-order chi connectivity index (χ0) is 13.7. The first-order chi connectivity index (χ1) is 9.27. The van der Waals surface area contributed by atoms with Gasteiger partial charge in [-0.3, -0.25) is 4.90 Å². The Balaban J connectivity index is 2.29. The molecule has 1 heterocycles. The highest BCUT2D eigenvalue weighted by atomic mass is 15.2. The third kappa shape index (κ3) is 3.15. The van der Waals surface area contributed by atoms with E-state index in [-0.39, 0.29) is 6.04 Å². The summed E-state index contributed by atoms with van der Waals surface area (Å²) in [7, 11) is 0. The van der Waals surface area contributed by atoms with Crippen molar-refractivity contribution in [3.05, 3.63) is 35.9 Å². The van der Waals surface area contributed by atoms with E-state index in [2.05, 4.69) is 30.0 Å². The van der Waals surface area contributed by atoms with Crippen molar-refractivity contribution in [2.24, 2.45) is 5.73 Å². The second-order valence-corrected chi connectivity index (χ2v) is 5.41.